The highest BCUT2D eigenvalue weighted by atomic mass is 28.4. The average molecular weight is 222 g/mol. The van der Waals surface area contributed by atoms with Gasteiger partial charge in [-0.05, 0) is 6.42 Å². The van der Waals surface area contributed by atoms with Gasteiger partial charge in [-0.1, -0.05) is 19.8 Å². The molecule has 0 aliphatic rings. The van der Waals surface area contributed by atoms with Crippen molar-refractivity contribution in [3.63, 3.8) is 0 Å². The Bertz CT molecular complexity index is 120. The minimum Gasteiger partial charge on any atom is -0.377 e. The first-order chi connectivity index (χ1) is 6.16. The molecule has 0 aromatic carbocycles. The predicted molar refractivity (Wildman–Crippen MR) is 60.0 cm³/mol. The van der Waals surface area contributed by atoms with Crippen LogP contribution in [0.4, 0.5) is 0 Å². The normalized spacial score (nSPS) is 14.8. The first-order valence-electron chi connectivity index (χ1n) is 4.82. The summed E-state index contributed by atoms with van der Waals surface area (Å²) >= 11 is 0. The van der Waals surface area contributed by atoms with E-state index in [0.29, 0.717) is 5.16 Å². The summed E-state index contributed by atoms with van der Waals surface area (Å²) in [5, 5.41) is 0.521. The van der Waals surface area contributed by atoms with Crippen LogP contribution < -0.4 is 0 Å². The van der Waals surface area contributed by atoms with Gasteiger partial charge < -0.3 is 13.3 Å². The van der Waals surface area contributed by atoms with Crippen molar-refractivity contribution in [2.24, 2.45) is 0 Å². The Balaban J connectivity index is 4.17. The second kappa shape index (κ2) is 6.72. The zero-order chi connectivity index (χ0) is 10.3. The third-order valence-electron chi connectivity index (χ3n) is 2.45. The van der Waals surface area contributed by atoms with Crippen molar-refractivity contribution >= 4 is 19.0 Å². The molecule has 80 valence electrons. The lowest BCUT2D eigenvalue weighted by atomic mass is 10.3. The van der Waals surface area contributed by atoms with Crippen LogP contribution in [0.3, 0.4) is 0 Å². The molecular weight excluding hydrogens is 200 g/mol. The fraction of sp³-hybridized carbons (Fsp3) is 1.00. The molecule has 0 aromatic rings. The summed E-state index contributed by atoms with van der Waals surface area (Å²) < 4.78 is 16.3. The van der Waals surface area contributed by atoms with Crippen LogP contribution in [0.1, 0.15) is 26.2 Å². The van der Waals surface area contributed by atoms with Crippen molar-refractivity contribution in [3.05, 3.63) is 0 Å². The molecule has 0 N–H and O–H groups in total. The van der Waals surface area contributed by atoms with Gasteiger partial charge in [0.2, 0.25) is 0 Å². The molecule has 13 heavy (non-hydrogen) atoms. The first-order valence-corrected chi connectivity index (χ1v) is 7.78. The van der Waals surface area contributed by atoms with E-state index < -0.39 is 8.80 Å². The zero-order valence-corrected chi connectivity index (χ0v) is 12.4. The van der Waals surface area contributed by atoms with E-state index >= 15 is 0 Å². The highest BCUT2D eigenvalue weighted by Gasteiger charge is 2.43. The monoisotopic (exact) mass is 222 g/mol. The van der Waals surface area contributed by atoms with Crippen molar-refractivity contribution in [1.82, 2.24) is 0 Å². The summed E-state index contributed by atoms with van der Waals surface area (Å²) in [6, 6.07) is 0. The topological polar surface area (TPSA) is 27.7 Å². The van der Waals surface area contributed by atoms with Gasteiger partial charge in [-0.25, -0.2) is 0 Å². The van der Waals surface area contributed by atoms with Crippen molar-refractivity contribution in [2.45, 2.75) is 31.4 Å². The molecule has 3 nitrogen and oxygen atoms in total. The Morgan fingerprint density at radius 2 is 1.62 bits per heavy atom. The van der Waals surface area contributed by atoms with Crippen molar-refractivity contribution in [1.29, 1.82) is 0 Å². The van der Waals surface area contributed by atoms with E-state index in [9.17, 15) is 0 Å². The van der Waals surface area contributed by atoms with Gasteiger partial charge in [0.15, 0.2) is 0 Å². The standard InChI is InChI=1S/C8H22O3Si2/c1-5-6-7-8(12)13(9-2,10-3)11-4/h8H,5-7H2,1-4,12H3. The molecule has 0 amide bonds. The van der Waals surface area contributed by atoms with Gasteiger partial charge in [-0.3, -0.25) is 0 Å². The van der Waals surface area contributed by atoms with Gasteiger partial charge in [-0.15, -0.1) is 0 Å². The van der Waals surface area contributed by atoms with Crippen LogP contribution in [0.25, 0.3) is 0 Å². The first kappa shape index (κ1) is 13.3. The fourth-order valence-corrected chi connectivity index (χ4v) is 6.33. The van der Waals surface area contributed by atoms with Gasteiger partial charge in [-0.2, -0.15) is 0 Å². The number of rotatable bonds is 7. The molecular formula is C8H22O3Si2. The SMILES string of the molecule is CCCCC([SiH3])[Si](OC)(OC)OC. The molecule has 0 saturated heterocycles. The lowest BCUT2D eigenvalue weighted by Crippen LogP contribution is -2.48. The summed E-state index contributed by atoms with van der Waals surface area (Å²) in [6.45, 7) is 2.20. The molecule has 0 aromatic heterocycles. The third-order valence-corrected chi connectivity index (χ3v) is 8.35. The number of hydrogen-bond donors (Lipinski definition) is 0. The molecule has 0 rings (SSSR count). The molecule has 0 bridgehead atoms. The van der Waals surface area contributed by atoms with Gasteiger partial charge in [0.25, 0.3) is 0 Å². The largest absolute Gasteiger partial charge is 0.499 e. The van der Waals surface area contributed by atoms with Crippen LogP contribution in [0, 0.1) is 0 Å². The summed E-state index contributed by atoms with van der Waals surface area (Å²) in [7, 11) is 3.85. The Labute approximate surface area is 85.6 Å². The van der Waals surface area contributed by atoms with Crippen LogP contribution in [-0.4, -0.2) is 40.4 Å². The molecule has 0 fully saturated rings. The minimum absolute atomic E-state index is 0.521. The smallest absolute Gasteiger partial charge is 0.377 e. The van der Waals surface area contributed by atoms with Crippen molar-refractivity contribution < 1.29 is 13.3 Å². The quantitative estimate of drug-likeness (QED) is 0.595. The van der Waals surface area contributed by atoms with Crippen LogP contribution in [0.2, 0.25) is 5.16 Å². The Morgan fingerprint density at radius 1 is 1.15 bits per heavy atom. The van der Waals surface area contributed by atoms with Crippen LogP contribution in [-0.2, 0) is 13.3 Å². The third kappa shape index (κ3) is 3.51. The highest BCUT2D eigenvalue weighted by molar-refractivity contribution is 6.69. The van der Waals surface area contributed by atoms with Gasteiger partial charge in [0.1, 0.15) is 0 Å². The maximum atomic E-state index is 5.42. The molecule has 1 atom stereocenters. The molecule has 1 unspecified atom stereocenters. The van der Waals surface area contributed by atoms with E-state index in [2.05, 4.69) is 6.92 Å². The summed E-state index contributed by atoms with van der Waals surface area (Å²) in [5.41, 5.74) is 0. The summed E-state index contributed by atoms with van der Waals surface area (Å²) in [5.74, 6) is 0. The molecule has 0 aliphatic heterocycles. The molecule has 0 aliphatic carbocycles. The molecule has 5 heteroatoms. The second-order valence-corrected chi connectivity index (χ2v) is 9.23. The van der Waals surface area contributed by atoms with Crippen LogP contribution in [0.15, 0.2) is 0 Å². The van der Waals surface area contributed by atoms with E-state index in [1.807, 2.05) is 0 Å². The Hall–Kier alpha value is 0.314. The summed E-state index contributed by atoms with van der Waals surface area (Å²) in [4.78, 5) is 0. The van der Waals surface area contributed by atoms with Crippen LogP contribution >= 0.6 is 0 Å². The maximum absolute atomic E-state index is 5.42. The predicted octanol–water partition coefficient (Wildman–Crippen LogP) is 0.748. The number of unbranched alkanes of at least 4 members (excludes halogenated alkanes) is 1. The highest BCUT2D eigenvalue weighted by Crippen LogP contribution is 2.25. The lowest BCUT2D eigenvalue weighted by Gasteiger charge is -2.30. The van der Waals surface area contributed by atoms with E-state index in [4.69, 9.17) is 13.3 Å². The lowest BCUT2D eigenvalue weighted by molar-refractivity contribution is 0.118. The molecule has 0 spiro atoms. The molecule has 0 radical (unpaired) electrons. The van der Waals surface area contributed by atoms with Crippen LogP contribution in [0.5, 0.6) is 0 Å². The van der Waals surface area contributed by atoms with E-state index in [0.717, 1.165) is 10.2 Å². The average Bonchev–Trinajstić information content (AvgIpc) is 2.18. The van der Waals surface area contributed by atoms with Gasteiger partial charge in [0, 0.05) is 36.7 Å². The molecule has 0 heterocycles. The fourth-order valence-electron chi connectivity index (χ4n) is 1.54. The van der Waals surface area contributed by atoms with Gasteiger partial charge in [0.05, 0.1) is 0 Å². The zero-order valence-electron chi connectivity index (χ0n) is 9.42. The molecule has 0 saturated carbocycles. The van der Waals surface area contributed by atoms with E-state index in [-0.39, 0.29) is 0 Å². The maximum Gasteiger partial charge on any atom is 0.499 e. The van der Waals surface area contributed by atoms with Crippen molar-refractivity contribution in [3.8, 4) is 0 Å². The van der Waals surface area contributed by atoms with E-state index in [1.54, 1.807) is 21.3 Å². The van der Waals surface area contributed by atoms with E-state index in [1.165, 1.54) is 19.3 Å². The number of hydrogen-bond acceptors (Lipinski definition) is 3. The van der Waals surface area contributed by atoms with Gasteiger partial charge >= 0.3 is 8.80 Å². The van der Waals surface area contributed by atoms with Crippen molar-refractivity contribution in [2.75, 3.05) is 21.3 Å². The second-order valence-electron chi connectivity index (χ2n) is 3.26. The minimum atomic E-state index is -2.30. The Morgan fingerprint density at radius 3 is 1.92 bits per heavy atom. The summed E-state index contributed by atoms with van der Waals surface area (Å²) in [6.07, 6.45) is 3.63. The Kier molecular flexibility index (Phi) is 6.88.